The van der Waals surface area contributed by atoms with Gasteiger partial charge in [-0.15, -0.1) is 11.3 Å². The third kappa shape index (κ3) is 1.80. The third-order valence-corrected chi connectivity index (χ3v) is 4.80. The molecule has 0 aliphatic heterocycles. The van der Waals surface area contributed by atoms with Crippen molar-refractivity contribution in [2.75, 3.05) is 5.32 Å². The summed E-state index contributed by atoms with van der Waals surface area (Å²) < 4.78 is 1.14. The number of aliphatic hydroxyl groups excluding tert-OH is 1. The number of rotatable bonds is 2. The van der Waals surface area contributed by atoms with Crippen molar-refractivity contribution in [3.63, 3.8) is 0 Å². The fraction of sp³-hybridized carbons (Fsp3) is 0.188. The van der Waals surface area contributed by atoms with Crippen LogP contribution >= 0.6 is 11.3 Å². The summed E-state index contributed by atoms with van der Waals surface area (Å²) in [7, 11) is 0. The van der Waals surface area contributed by atoms with Crippen LogP contribution in [0.4, 0.5) is 5.69 Å². The quantitative estimate of drug-likeness (QED) is 0.757. The summed E-state index contributed by atoms with van der Waals surface area (Å²) in [5.41, 5.74) is 4.47. The van der Waals surface area contributed by atoms with E-state index in [4.69, 9.17) is 0 Å². The number of aliphatic hydroxyl groups is 1. The zero-order chi connectivity index (χ0) is 13.5. The van der Waals surface area contributed by atoms with E-state index in [-0.39, 0.29) is 12.1 Å². The molecule has 0 spiro atoms. The molecule has 2 heterocycles. The molecule has 20 heavy (non-hydrogen) atoms. The van der Waals surface area contributed by atoms with Gasteiger partial charge in [0.15, 0.2) is 0 Å². The zero-order valence-electron chi connectivity index (χ0n) is 10.8. The molecule has 4 rings (SSSR count). The van der Waals surface area contributed by atoms with E-state index in [9.17, 15) is 5.11 Å². The van der Waals surface area contributed by atoms with Gasteiger partial charge in [-0.2, -0.15) is 0 Å². The van der Waals surface area contributed by atoms with Crippen molar-refractivity contribution >= 4 is 27.2 Å². The van der Waals surface area contributed by atoms with Crippen LogP contribution in [0.3, 0.4) is 0 Å². The smallest absolute Gasteiger partial charge is 0.0830 e. The van der Waals surface area contributed by atoms with Gasteiger partial charge in [0.1, 0.15) is 0 Å². The van der Waals surface area contributed by atoms with E-state index in [0.717, 1.165) is 15.9 Å². The standard InChI is InChI=1S/C16H14N2OS/c19-14-9-10-3-1-2-4-11(10)15(14)18-13-5-7-17-12-6-8-20-16(12)13/h1-8,14-15,19H,9H2,(H,17,18)/t14-,15+/m1/s1. The monoisotopic (exact) mass is 282 g/mol. The predicted molar refractivity (Wildman–Crippen MR) is 82.1 cm³/mol. The van der Waals surface area contributed by atoms with Crippen molar-refractivity contribution in [1.82, 2.24) is 4.98 Å². The highest BCUT2D eigenvalue weighted by atomic mass is 32.1. The molecule has 0 unspecified atom stereocenters. The first-order valence-corrected chi connectivity index (χ1v) is 7.55. The molecule has 1 aromatic carbocycles. The molecule has 0 amide bonds. The zero-order valence-corrected chi connectivity index (χ0v) is 11.6. The SMILES string of the molecule is O[C@@H]1Cc2ccccc2[C@@H]1Nc1ccnc2ccsc12. The Labute approximate surface area is 120 Å². The lowest BCUT2D eigenvalue weighted by molar-refractivity contribution is 0.166. The lowest BCUT2D eigenvalue weighted by Crippen LogP contribution is -2.21. The van der Waals surface area contributed by atoms with E-state index < -0.39 is 0 Å². The molecular weight excluding hydrogens is 268 g/mol. The van der Waals surface area contributed by atoms with E-state index in [0.29, 0.717) is 6.42 Å². The lowest BCUT2D eigenvalue weighted by atomic mass is 10.1. The average Bonchev–Trinajstić information content (AvgIpc) is 3.05. The molecule has 2 N–H and O–H groups in total. The van der Waals surface area contributed by atoms with Crippen LogP contribution in [0.25, 0.3) is 10.2 Å². The second-order valence-corrected chi connectivity index (χ2v) is 6.00. The molecule has 4 heteroatoms. The Kier molecular flexibility index (Phi) is 2.72. The Hall–Kier alpha value is -1.91. The minimum absolute atomic E-state index is 0.0427. The number of hydrogen-bond donors (Lipinski definition) is 2. The number of nitrogens with one attached hydrogen (secondary N) is 1. The molecule has 3 nitrogen and oxygen atoms in total. The van der Waals surface area contributed by atoms with Gasteiger partial charge in [0.2, 0.25) is 0 Å². The van der Waals surface area contributed by atoms with E-state index in [2.05, 4.69) is 22.4 Å². The molecule has 0 saturated heterocycles. The molecule has 0 radical (unpaired) electrons. The Bertz CT molecular complexity index is 768. The highest BCUT2D eigenvalue weighted by Crippen LogP contribution is 2.36. The van der Waals surface area contributed by atoms with E-state index in [1.54, 1.807) is 11.3 Å². The fourth-order valence-corrected chi connectivity index (χ4v) is 3.73. The summed E-state index contributed by atoms with van der Waals surface area (Å²) in [5, 5.41) is 15.9. The van der Waals surface area contributed by atoms with Crippen LogP contribution in [0.1, 0.15) is 17.2 Å². The maximum Gasteiger partial charge on any atom is 0.0830 e. The highest BCUT2D eigenvalue weighted by molar-refractivity contribution is 7.17. The van der Waals surface area contributed by atoms with Crippen LogP contribution in [0.5, 0.6) is 0 Å². The topological polar surface area (TPSA) is 45.1 Å². The number of pyridine rings is 1. The van der Waals surface area contributed by atoms with Gasteiger partial charge < -0.3 is 10.4 Å². The maximum absolute atomic E-state index is 10.3. The molecule has 0 saturated carbocycles. The van der Waals surface area contributed by atoms with E-state index >= 15 is 0 Å². The van der Waals surface area contributed by atoms with Crippen LogP contribution in [0.15, 0.2) is 48.0 Å². The van der Waals surface area contributed by atoms with E-state index in [1.165, 1.54) is 11.1 Å². The molecule has 0 bridgehead atoms. The molecule has 1 aliphatic rings. The van der Waals surface area contributed by atoms with Crippen molar-refractivity contribution in [3.8, 4) is 0 Å². The first kappa shape index (κ1) is 11.9. The Balaban J connectivity index is 1.74. The van der Waals surface area contributed by atoms with Gasteiger partial charge in [0.25, 0.3) is 0 Å². The molecular formula is C16H14N2OS. The number of aromatic nitrogens is 1. The van der Waals surface area contributed by atoms with Crippen molar-refractivity contribution in [3.05, 3.63) is 59.1 Å². The lowest BCUT2D eigenvalue weighted by Gasteiger charge is -2.19. The summed E-state index contributed by atoms with van der Waals surface area (Å²) in [4.78, 5) is 4.35. The van der Waals surface area contributed by atoms with Crippen molar-refractivity contribution in [2.45, 2.75) is 18.6 Å². The minimum atomic E-state index is -0.379. The average molecular weight is 282 g/mol. The first-order valence-electron chi connectivity index (χ1n) is 6.67. The Morgan fingerprint density at radius 2 is 2.10 bits per heavy atom. The van der Waals surface area contributed by atoms with Crippen molar-refractivity contribution in [1.29, 1.82) is 0 Å². The van der Waals surface area contributed by atoms with Gasteiger partial charge >= 0.3 is 0 Å². The number of anilines is 1. The Morgan fingerprint density at radius 1 is 1.20 bits per heavy atom. The van der Waals surface area contributed by atoms with Crippen LogP contribution in [0, 0.1) is 0 Å². The Morgan fingerprint density at radius 3 is 3.05 bits per heavy atom. The van der Waals surface area contributed by atoms with Gasteiger partial charge in [-0.1, -0.05) is 24.3 Å². The highest BCUT2D eigenvalue weighted by Gasteiger charge is 2.30. The summed E-state index contributed by atoms with van der Waals surface area (Å²) in [6.45, 7) is 0. The van der Waals surface area contributed by atoms with Crippen molar-refractivity contribution < 1.29 is 5.11 Å². The normalized spacial score (nSPS) is 21.1. The van der Waals surface area contributed by atoms with Crippen LogP contribution in [0.2, 0.25) is 0 Å². The second kappa shape index (κ2) is 4.58. The number of fused-ring (bicyclic) bond motifs is 2. The third-order valence-electron chi connectivity index (χ3n) is 3.86. The second-order valence-electron chi connectivity index (χ2n) is 5.09. The summed E-state index contributed by atoms with van der Waals surface area (Å²) in [6, 6.07) is 12.2. The fourth-order valence-electron chi connectivity index (χ4n) is 2.90. The van der Waals surface area contributed by atoms with E-state index in [1.807, 2.05) is 35.8 Å². The van der Waals surface area contributed by atoms with Gasteiger partial charge in [0.05, 0.1) is 28.0 Å². The number of benzene rings is 1. The molecule has 2 atom stereocenters. The largest absolute Gasteiger partial charge is 0.390 e. The maximum atomic E-state index is 10.3. The summed E-state index contributed by atoms with van der Waals surface area (Å²) >= 11 is 1.67. The number of thiophene rings is 1. The van der Waals surface area contributed by atoms with Gasteiger partial charge in [0, 0.05) is 12.6 Å². The predicted octanol–water partition coefficient (Wildman–Crippen LogP) is 3.37. The molecule has 100 valence electrons. The van der Waals surface area contributed by atoms with Crippen LogP contribution in [-0.4, -0.2) is 16.2 Å². The summed E-state index contributed by atoms with van der Waals surface area (Å²) in [6.07, 6.45) is 2.15. The van der Waals surface area contributed by atoms with Crippen LogP contribution < -0.4 is 5.32 Å². The number of hydrogen-bond acceptors (Lipinski definition) is 4. The molecule has 0 fully saturated rings. The molecule has 3 aromatic rings. The molecule has 2 aromatic heterocycles. The molecule has 1 aliphatic carbocycles. The first-order chi connectivity index (χ1) is 9.83. The minimum Gasteiger partial charge on any atom is -0.390 e. The summed E-state index contributed by atoms with van der Waals surface area (Å²) in [5.74, 6) is 0. The van der Waals surface area contributed by atoms with Gasteiger partial charge in [-0.25, -0.2) is 0 Å². The van der Waals surface area contributed by atoms with Gasteiger partial charge in [-0.05, 0) is 28.6 Å². The number of nitrogens with zero attached hydrogens (tertiary/aromatic N) is 1. The van der Waals surface area contributed by atoms with Gasteiger partial charge in [-0.3, -0.25) is 4.98 Å². The van der Waals surface area contributed by atoms with Crippen molar-refractivity contribution in [2.24, 2.45) is 0 Å². The van der Waals surface area contributed by atoms with Crippen LogP contribution in [-0.2, 0) is 6.42 Å².